The molecular weight excluding hydrogens is 518 g/mol. The van der Waals surface area contributed by atoms with Gasteiger partial charge in [-0.05, 0) is 44.2 Å². The quantitative estimate of drug-likeness (QED) is 0.375. The van der Waals surface area contributed by atoms with E-state index in [2.05, 4.69) is 41.5 Å². The molecule has 0 spiro atoms. The van der Waals surface area contributed by atoms with Crippen LogP contribution in [0.3, 0.4) is 0 Å². The van der Waals surface area contributed by atoms with E-state index in [0.29, 0.717) is 0 Å². The lowest BCUT2D eigenvalue weighted by Gasteiger charge is -2.17. The van der Waals surface area contributed by atoms with Gasteiger partial charge in [-0.2, -0.15) is 4.57 Å². The molecule has 136 valence electrons. The average molecular weight is 535 g/mol. The molecule has 26 heavy (non-hydrogen) atoms. The molecular formula is C19H17Cl2IN2S2. The third-order valence-electron chi connectivity index (χ3n) is 4.26. The molecule has 1 aromatic heterocycles. The van der Waals surface area contributed by atoms with Crippen molar-refractivity contribution in [2.45, 2.75) is 25.3 Å². The molecule has 0 saturated heterocycles. The highest BCUT2D eigenvalue weighted by Gasteiger charge is 2.27. The van der Waals surface area contributed by atoms with Gasteiger partial charge in [0.2, 0.25) is 5.52 Å². The number of nitrogens with zero attached hydrogens (tertiary/aromatic N) is 2. The number of fused-ring (bicyclic) bond motifs is 2. The van der Waals surface area contributed by atoms with Crippen LogP contribution < -0.4 is 33.4 Å². The highest BCUT2D eigenvalue weighted by Crippen LogP contribution is 2.47. The largest absolute Gasteiger partial charge is 1.00 e. The Bertz CT molecular complexity index is 1000. The highest BCUT2D eigenvalue weighted by atomic mass is 127. The molecule has 1 aliphatic rings. The Labute approximate surface area is 188 Å². The Balaban J connectivity index is 0.00000196. The van der Waals surface area contributed by atoms with Crippen LogP contribution in [0.1, 0.15) is 18.9 Å². The molecule has 0 unspecified atom stereocenters. The van der Waals surface area contributed by atoms with Crippen LogP contribution in [0.5, 0.6) is 0 Å². The Morgan fingerprint density at radius 1 is 1.08 bits per heavy atom. The molecule has 0 N–H and O–H groups in total. The lowest BCUT2D eigenvalue weighted by Crippen LogP contribution is -3.00. The summed E-state index contributed by atoms with van der Waals surface area (Å²) in [5.41, 5.74) is 2.39. The van der Waals surface area contributed by atoms with Gasteiger partial charge < -0.3 is 28.9 Å². The van der Waals surface area contributed by atoms with Crippen LogP contribution in [0.15, 0.2) is 46.3 Å². The molecule has 0 amide bonds. The average Bonchev–Trinajstić information content (AvgIpc) is 3.11. The van der Waals surface area contributed by atoms with Gasteiger partial charge in [0, 0.05) is 27.6 Å². The van der Waals surface area contributed by atoms with Crippen molar-refractivity contribution in [3.8, 4) is 0 Å². The predicted molar refractivity (Wildman–Crippen MR) is 111 cm³/mol. The van der Waals surface area contributed by atoms with Crippen molar-refractivity contribution in [1.82, 2.24) is 0 Å². The summed E-state index contributed by atoms with van der Waals surface area (Å²) in [5.74, 6) is 0. The molecule has 1 aliphatic heterocycles. The fourth-order valence-corrected chi connectivity index (χ4v) is 5.82. The molecule has 7 heteroatoms. The first-order valence-electron chi connectivity index (χ1n) is 8.19. The first kappa shape index (κ1) is 20.3. The summed E-state index contributed by atoms with van der Waals surface area (Å²) in [5, 5.41) is 4.03. The standard InChI is InChI=1S/C19H17Cl2N2S2.HI/c1-3-22-14-9-12(20)5-7-16(14)24-18(22)11-19-23(4-2)15-10-13(21)6-8-17(15)25-19;/h5-11H,3-4H2,1-2H3;1H/q+1;/p-1. The summed E-state index contributed by atoms with van der Waals surface area (Å²) in [6.07, 6.45) is 2.28. The Morgan fingerprint density at radius 3 is 2.54 bits per heavy atom. The van der Waals surface area contributed by atoms with Gasteiger partial charge in [-0.25, -0.2) is 0 Å². The van der Waals surface area contributed by atoms with Crippen molar-refractivity contribution >= 4 is 68.3 Å². The van der Waals surface area contributed by atoms with Gasteiger partial charge in [-0.15, -0.1) is 0 Å². The van der Waals surface area contributed by atoms with E-state index in [-0.39, 0.29) is 24.0 Å². The number of aromatic nitrogens is 1. The lowest BCUT2D eigenvalue weighted by molar-refractivity contribution is -0.665. The van der Waals surface area contributed by atoms with E-state index in [0.717, 1.165) is 23.1 Å². The van der Waals surface area contributed by atoms with Crippen LogP contribution in [0.4, 0.5) is 5.69 Å². The second-order valence-electron chi connectivity index (χ2n) is 5.74. The summed E-state index contributed by atoms with van der Waals surface area (Å²) < 4.78 is 3.58. The van der Waals surface area contributed by atoms with Crippen molar-refractivity contribution in [3.63, 3.8) is 0 Å². The van der Waals surface area contributed by atoms with Crippen molar-refractivity contribution in [2.75, 3.05) is 11.4 Å². The van der Waals surface area contributed by atoms with Crippen LogP contribution in [-0.4, -0.2) is 6.54 Å². The number of hydrogen-bond acceptors (Lipinski definition) is 3. The number of hydrogen-bond donors (Lipinski definition) is 0. The second-order valence-corrected chi connectivity index (χ2v) is 8.73. The van der Waals surface area contributed by atoms with E-state index >= 15 is 0 Å². The van der Waals surface area contributed by atoms with Crippen LogP contribution in [0.2, 0.25) is 10.0 Å². The zero-order valence-corrected chi connectivity index (χ0v) is 19.6. The van der Waals surface area contributed by atoms with Crippen LogP contribution in [0.25, 0.3) is 16.3 Å². The van der Waals surface area contributed by atoms with Gasteiger partial charge in [-0.1, -0.05) is 46.3 Å². The smallest absolute Gasteiger partial charge is 0.265 e. The van der Waals surface area contributed by atoms with Gasteiger partial charge in [0.25, 0.3) is 5.01 Å². The van der Waals surface area contributed by atoms with E-state index in [9.17, 15) is 0 Å². The number of anilines is 1. The van der Waals surface area contributed by atoms with Gasteiger partial charge in [0.05, 0.1) is 16.8 Å². The van der Waals surface area contributed by atoms with Gasteiger partial charge >= 0.3 is 0 Å². The number of thioether (sulfide) groups is 1. The second kappa shape index (κ2) is 8.27. The minimum atomic E-state index is 0. The summed E-state index contributed by atoms with van der Waals surface area (Å²) in [7, 11) is 0. The van der Waals surface area contributed by atoms with Gasteiger partial charge in [0.15, 0.2) is 0 Å². The maximum atomic E-state index is 6.20. The third-order valence-corrected chi connectivity index (χ3v) is 6.96. The van der Waals surface area contributed by atoms with Crippen molar-refractivity contribution < 1.29 is 28.5 Å². The Hall–Kier alpha value is -0.470. The van der Waals surface area contributed by atoms with Crippen molar-refractivity contribution in [3.05, 3.63) is 56.5 Å². The van der Waals surface area contributed by atoms with Crippen molar-refractivity contribution in [1.29, 1.82) is 0 Å². The number of aryl methyl sites for hydroxylation is 1. The van der Waals surface area contributed by atoms with Crippen molar-refractivity contribution in [2.24, 2.45) is 0 Å². The Morgan fingerprint density at radius 2 is 1.81 bits per heavy atom. The lowest BCUT2D eigenvalue weighted by atomic mass is 10.3. The number of benzene rings is 2. The number of thiazole rings is 1. The third kappa shape index (κ3) is 3.61. The fourth-order valence-electron chi connectivity index (χ4n) is 3.12. The molecule has 0 aliphatic carbocycles. The summed E-state index contributed by atoms with van der Waals surface area (Å²) in [6.45, 7) is 6.16. The van der Waals surface area contributed by atoms with E-state index in [1.165, 1.54) is 30.8 Å². The molecule has 0 bridgehead atoms. The minimum Gasteiger partial charge on any atom is -1.00 e. The SMILES string of the molecule is CCN1C(=Cc2sc3ccc(Cl)cc3[n+]2CC)Sc2ccc(Cl)cc21.[I-]. The van der Waals surface area contributed by atoms with Gasteiger partial charge in [-0.3, -0.25) is 0 Å². The zero-order valence-electron chi connectivity index (χ0n) is 14.3. The molecule has 2 aromatic carbocycles. The normalized spacial score (nSPS) is 14.8. The Kier molecular flexibility index (Phi) is 6.45. The van der Waals surface area contributed by atoms with E-state index in [4.69, 9.17) is 23.2 Å². The molecule has 0 atom stereocenters. The zero-order chi connectivity index (χ0) is 17.6. The molecule has 4 rings (SSSR count). The van der Waals surface area contributed by atoms with E-state index < -0.39 is 0 Å². The topological polar surface area (TPSA) is 7.12 Å². The first-order chi connectivity index (χ1) is 12.1. The van der Waals surface area contributed by atoms with E-state index in [1.54, 1.807) is 23.1 Å². The maximum absolute atomic E-state index is 6.20. The predicted octanol–water partition coefficient (Wildman–Crippen LogP) is 3.45. The molecule has 3 aromatic rings. The first-order valence-corrected chi connectivity index (χ1v) is 10.6. The van der Waals surface area contributed by atoms with Crippen LogP contribution in [0, 0.1) is 0 Å². The maximum Gasteiger partial charge on any atom is 0.265 e. The summed E-state index contributed by atoms with van der Waals surface area (Å²) in [4.78, 5) is 3.58. The molecule has 0 fully saturated rings. The number of rotatable bonds is 3. The molecule has 0 radical (unpaired) electrons. The summed E-state index contributed by atoms with van der Waals surface area (Å²) in [6, 6.07) is 12.2. The van der Waals surface area contributed by atoms with E-state index in [1.807, 2.05) is 24.3 Å². The number of halogens is 3. The van der Waals surface area contributed by atoms with Crippen LogP contribution >= 0.6 is 46.3 Å². The molecule has 2 nitrogen and oxygen atoms in total. The fraction of sp³-hybridized carbons (Fsp3) is 0.211. The molecule has 0 saturated carbocycles. The molecule has 2 heterocycles. The van der Waals surface area contributed by atoms with Gasteiger partial charge in [0.1, 0.15) is 11.2 Å². The highest BCUT2D eigenvalue weighted by molar-refractivity contribution is 8.03. The minimum absolute atomic E-state index is 0. The van der Waals surface area contributed by atoms with Crippen LogP contribution in [-0.2, 0) is 6.54 Å². The summed E-state index contributed by atoms with van der Waals surface area (Å²) >= 11 is 16.0. The monoisotopic (exact) mass is 534 g/mol.